The van der Waals surface area contributed by atoms with Gasteiger partial charge in [0.15, 0.2) is 0 Å². The van der Waals surface area contributed by atoms with Crippen LogP contribution in [0.4, 0.5) is 4.79 Å². The van der Waals surface area contributed by atoms with E-state index in [0.29, 0.717) is 12.3 Å². The molecule has 2 aliphatic rings. The van der Waals surface area contributed by atoms with Gasteiger partial charge in [-0.2, -0.15) is 0 Å². The van der Waals surface area contributed by atoms with Crippen LogP contribution in [0.1, 0.15) is 56.6 Å². The summed E-state index contributed by atoms with van der Waals surface area (Å²) in [6, 6.07) is 15.0. The molecule has 0 radical (unpaired) electrons. The van der Waals surface area contributed by atoms with Crippen molar-refractivity contribution in [3.05, 3.63) is 59.7 Å². The van der Waals surface area contributed by atoms with Gasteiger partial charge in [0.25, 0.3) is 0 Å². The van der Waals surface area contributed by atoms with Crippen molar-refractivity contribution in [1.29, 1.82) is 0 Å². The molecule has 2 aliphatic carbocycles. The summed E-state index contributed by atoms with van der Waals surface area (Å²) in [7, 11) is 0. The Kier molecular flexibility index (Phi) is 7.20. The number of amides is 2. The first-order valence-corrected chi connectivity index (χ1v) is 12.0. The fraction of sp³-hybridized carbons (Fsp3) is 0.444. The lowest BCUT2D eigenvalue weighted by molar-refractivity contribution is -0.138. The van der Waals surface area contributed by atoms with E-state index < -0.39 is 24.1 Å². The van der Waals surface area contributed by atoms with Crippen LogP contribution in [0.15, 0.2) is 48.5 Å². The molecule has 0 aromatic heterocycles. The normalized spacial score (nSPS) is 16.3. The molecule has 1 saturated carbocycles. The van der Waals surface area contributed by atoms with Crippen LogP contribution < -0.4 is 10.6 Å². The van der Waals surface area contributed by atoms with Gasteiger partial charge in [0.05, 0.1) is 6.42 Å². The fourth-order valence-electron chi connectivity index (χ4n) is 4.63. The number of alkyl carbamates (subject to hydrolysis) is 1. The Morgan fingerprint density at radius 2 is 1.56 bits per heavy atom. The van der Waals surface area contributed by atoms with E-state index in [2.05, 4.69) is 34.9 Å². The molecule has 7 nitrogen and oxygen atoms in total. The van der Waals surface area contributed by atoms with Gasteiger partial charge in [0, 0.05) is 12.0 Å². The second kappa shape index (κ2) is 10.3. The van der Waals surface area contributed by atoms with Gasteiger partial charge in [-0.05, 0) is 40.5 Å². The fourth-order valence-corrected chi connectivity index (χ4v) is 4.63. The Morgan fingerprint density at radius 1 is 0.971 bits per heavy atom. The Labute approximate surface area is 199 Å². The third kappa shape index (κ3) is 5.58. The van der Waals surface area contributed by atoms with E-state index in [1.807, 2.05) is 38.1 Å². The quantitative estimate of drug-likeness (QED) is 0.486. The number of carboxylic acid groups (broad SMARTS) is 1. The first-order chi connectivity index (χ1) is 16.3. The Hall–Kier alpha value is -3.35. The van der Waals surface area contributed by atoms with E-state index in [4.69, 9.17) is 9.84 Å². The number of ether oxygens (including phenoxy) is 1. The molecule has 0 saturated heterocycles. The molecule has 2 aromatic carbocycles. The van der Waals surface area contributed by atoms with Crippen LogP contribution in [-0.2, 0) is 14.3 Å². The maximum absolute atomic E-state index is 13.0. The third-order valence-electron chi connectivity index (χ3n) is 6.75. The molecule has 2 atom stereocenters. The minimum absolute atomic E-state index is 0.0453. The Balaban J connectivity index is 1.40. The molecule has 34 heavy (non-hydrogen) atoms. The summed E-state index contributed by atoms with van der Waals surface area (Å²) in [6.45, 7) is 3.90. The summed E-state index contributed by atoms with van der Waals surface area (Å²) in [4.78, 5) is 36.9. The van der Waals surface area contributed by atoms with Crippen LogP contribution in [0, 0.1) is 11.8 Å². The molecular weight excluding hydrogens is 432 g/mol. The highest BCUT2D eigenvalue weighted by atomic mass is 16.5. The highest BCUT2D eigenvalue weighted by Crippen LogP contribution is 2.44. The molecule has 0 aliphatic heterocycles. The number of hydrogen-bond donors (Lipinski definition) is 3. The molecule has 1 unspecified atom stereocenters. The number of rotatable bonds is 10. The van der Waals surface area contributed by atoms with Crippen molar-refractivity contribution < 1.29 is 24.2 Å². The smallest absolute Gasteiger partial charge is 0.407 e. The van der Waals surface area contributed by atoms with Gasteiger partial charge in [-0.1, -0.05) is 75.2 Å². The largest absolute Gasteiger partial charge is 0.481 e. The van der Waals surface area contributed by atoms with E-state index >= 15 is 0 Å². The maximum Gasteiger partial charge on any atom is 0.407 e. The number of nitrogens with one attached hydrogen (secondary N) is 2. The number of carbonyl (C=O) groups excluding carboxylic acids is 2. The minimum atomic E-state index is -0.970. The molecule has 2 amide bonds. The molecule has 0 bridgehead atoms. The van der Waals surface area contributed by atoms with Crippen LogP contribution in [0.2, 0.25) is 0 Å². The predicted octanol–water partition coefficient (Wildman–Crippen LogP) is 4.31. The lowest BCUT2D eigenvalue weighted by Gasteiger charge is -2.25. The van der Waals surface area contributed by atoms with Gasteiger partial charge in [-0.3, -0.25) is 9.59 Å². The molecule has 0 spiro atoms. The number of hydrogen-bond acceptors (Lipinski definition) is 4. The summed E-state index contributed by atoms with van der Waals surface area (Å²) in [5, 5.41) is 14.7. The number of benzene rings is 2. The second-order valence-corrected chi connectivity index (χ2v) is 9.66. The summed E-state index contributed by atoms with van der Waals surface area (Å²) < 4.78 is 5.62. The molecule has 0 heterocycles. The highest BCUT2D eigenvalue weighted by molar-refractivity contribution is 5.86. The molecule has 4 rings (SSSR count). The Morgan fingerprint density at radius 3 is 2.09 bits per heavy atom. The zero-order valence-electron chi connectivity index (χ0n) is 19.6. The van der Waals surface area contributed by atoms with Crippen molar-refractivity contribution in [2.75, 3.05) is 6.61 Å². The van der Waals surface area contributed by atoms with Crippen LogP contribution >= 0.6 is 0 Å². The molecule has 180 valence electrons. The first-order valence-electron chi connectivity index (χ1n) is 12.0. The van der Waals surface area contributed by atoms with Crippen LogP contribution in [0.5, 0.6) is 0 Å². The number of carbonyl (C=O) groups is 3. The van der Waals surface area contributed by atoms with Gasteiger partial charge in [0.2, 0.25) is 5.91 Å². The van der Waals surface area contributed by atoms with Crippen LogP contribution in [0.3, 0.4) is 0 Å². The number of carboxylic acids is 1. The van der Waals surface area contributed by atoms with Gasteiger partial charge in [0.1, 0.15) is 12.6 Å². The summed E-state index contributed by atoms with van der Waals surface area (Å²) >= 11 is 0. The first kappa shape index (κ1) is 23.8. The average molecular weight is 465 g/mol. The number of fused-ring (bicyclic) bond motifs is 3. The van der Waals surface area contributed by atoms with Crippen molar-refractivity contribution in [1.82, 2.24) is 10.6 Å². The lowest BCUT2D eigenvalue weighted by Crippen LogP contribution is -2.51. The van der Waals surface area contributed by atoms with E-state index in [1.54, 1.807) is 0 Å². The van der Waals surface area contributed by atoms with Gasteiger partial charge in [-0.15, -0.1) is 0 Å². The molecule has 1 fully saturated rings. The van der Waals surface area contributed by atoms with Crippen molar-refractivity contribution in [3.63, 3.8) is 0 Å². The number of aliphatic carboxylic acids is 1. The zero-order valence-corrected chi connectivity index (χ0v) is 19.6. The van der Waals surface area contributed by atoms with E-state index in [0.717, 1.165) is 35.1 Å². The van der Waals surface area contributed by atoms with Gasteiger partial charge < -0.3 is 20.5 Å². The monoisotopic (exact) mass is 464 g/mol. The summed E-state index contributed by atoms with van der Waals surface area (Å²) in [5.74, 6) is -1.05. The van der Waals surface area contributed by atoms with Crippen LogP contribution in [-0.4, -0.2) is 41.8 Å². The van der Waals surface area contributed by atoms with Crippen molar-refractivity contribution in [2.45, 2.75) is 57.5 Å². The molecule has 2 aromatic rings. The summed E-state index contributed by atoms with van der Waals surface area (Å²) in [6.07, 6.45) is 1.78. The van der Waals surface area contributed by atoms with Crippen molar-refractivity contribution in [3.8, 4) is 11.1 Å². The van der Waals surface area contributed by atoms with E-state index in [9.17, 15) is 14.4 Å². The van der Waals surface area contributed by atoms with E-state index in [-0.39, 0.29) is 30.8 Å². The van der Waals surface area contributed by atoms with Crippen molar-refractivity contribution in [2.24, 2.45) is 11.8 Å². The Bertz CT molecular complexity index is 1020. The minimum Gasteiger partial charge on any atom is -0.481 e. The lowest BCUT2D eigenvalue weighted by atomic mass is 9.98. The average Bonchev–Trinajstić information content (AvgIpc) is 3.57. The topological polar surface area (TPSA) is 105 Å². The summed E-state index contributed by atoms with van der Waals surface area (Å²) in [5.41, 5.74) is 4.54. The standard InChI is InChI=1S/C27H32N2O5/c1-16(2)23(14-25(30)31)28-26(32)24(13-17-11-12-17)29-27(33)34-15-22-20-9-5-3-7-18(20)19-8-4-6-10-21(19)22/h3-10,16-17,22-24H,11-15H2,1-2H3,(H,28,32)(H,29,33)(H,30,31)/t23-,24?/m1/s1. The van der Waals surface area contributed by atoms with Crippen molar-refractivity contribution >= 4 is 18.0 Å². The highest BCUT2D eigenvalue weighted by Gasteiger charge is 2.33. The molecule has 3 N–H and O–H groups in total. The SMILES string of the molecule is CC(C)[C@@H](CC(=O)O)NC(=O)C(CC1CC1)NC(=O)OCC1c2ccccc2-c2ccccc21. The van der Waals surface area contributed by atoms with Crippen LogP contribution in [0.25, 0.3) is 11.1 Å². The molecule has 7 heteroatoms. The second-order valence-electron chi connectivity index (χ2n) is 9.66. The van der Waals surface area contributed by atoms with E-state index in [1.165, 1.54) is 0 Å². The predicted molar refractivity (Wildman–Crippen MR) is 128 cm³/mol. The third-order valence-corrected chi connectivity index (χ3v) is 6.75. The maximum atomic E-state index is 13.0. The van der Waals surface area contributed by atoms with Gasteiger partial charge in [-0.25, -0.2) is 4.79 Å². The zero-order chi connectivity index (χ0) is 24.2. The molecular formula is C27H32N2O5. The van der Waals surface area contributed by atoms with Gasteiger partial charge >= 0.3 is 12.1 Å².